The van der Waals surface area contributed by atoms with Crippen molar-refractivity contribution in [1.82, 2.24) is 0 Å². The van der Waals surface area contributed by atoms with E-state index in [1.54, 1.807) is 24.8 Å². The van der Waals surface area contributed by atoms with Crippen molar-refractivity contribution in [1.29, 1.82) is 0 Å². The number of allylic oxidation sites excluding steroid dienone is 4. The molecule has 4 aliphatic heterocycles. The molecule has 0 saturated heterocycles. The van der Waals surface area contributed by atoms with Crippen LogP contribution in [0, 0.1) is 0 Å². The largest absolute Gasteiger partial charge is 0.665 e. The summed E-state index contributed by atoms with van der Waals surface area (Å²) >= 11 is 0. The van der Waals surface area contributed by atoms with Crippen LogP contribution in [0.3, 0.4) is 0 Å². The van der Waals surface area contributed by atoms with Crippen LogP contribution in [0.4, 0.5) is 22.7 Å². The molecule has 7 rings (SSSR count). The van der Waals surface area contributed by atoms with E-state index >= 15 is 0 Å². The maximum absolute atomic E-state index is 10.6. The van der Waals surface area contributed by atoms with Gasteiger partial charge in [0.25, 0.3) is 0 Å². The second-order valence-electron chi connectivity index (χ2n) is 9.15. The van der Waals surface area contributed by atoms with Gasteiger partial charge in [0, 0.05) is 54.6 Å². The van der Waals surface area contributed by atoms with Gasteiger partial charge in [-0.1, -0.05) is 72.9 Å². The van der Waals surface area contributed by atoms with Crippen molar-refractivity contribution in [2.75, 3.05) is 0 Å². The molecule has 4 aliphatic rings. The van der Waals surface area contributed by atoms with Crippen molar-refractivity contribution >= 4 is 65.0 Å². The number of hydrogen-bond acceptors (Lipinski definition) is 3. The van der Waals surface area contributed by atoms with Gasteiger partial charge in [0.2, 0.25) is 0 Å². The fourth-order valence-electron chi connectivity index (χ4n) is 4.36. The zero-order valence-corrected chi connectivity index (χ0v) is 32.3. The molecule has 0 unspecified atom stereocenters. The van der Waals surface area contributed by atoms with Crippen molar-refractivity contribution in [3.05, 3.63) is 150 Å². The molecule has 0 amide bonds. The first kappa shape index (κ1) is 37.7. The molecule has 11 nitrogen and oxygen atoms in total. The molecule has 0 bridgehead atoms. The van der Waals surface area contributed by atoms with Crippen LogP contribution in [0.1, 0.15) is 31.1 Å². The number of benzene rings is 3. The number of rotatable bonds is 3. The molecule has 46 heavy (non-hydrogen) atoms. The molecule has 3 aromatic carbocycles. The van der Waals surface area contributed by atoms with Gasteiger partial charge in [-0.3, -0.25) is 0 Å². The standard InChI is InChI=1S/2C12H8N2.C9H6O6.2Cd.H2O/c2*1-3-9-5-6-10-4-2-8-14-12(10)11(9)13-7-1;10-7(11)4-1-5(8(12)13)3-6(2-4)9(14)15;;;/h2*1-8H;1-3H,(H,10,11)(H,12,13)(H,14,15);;;1H2/q2*-2;;;;. The first-order chi connectivity index (χ1) is 20.8. The molecule has 4 heterocycles. The Morgan fingerprint density at radius 1 is 0.435 bits per heavy atom. The second-order valence-corrected chi connectivity index (χ2v) is 9.15. The smallest absolute Gasteiger partial charge is 0.335 e. The van der Waals surface area contributed by atoms with Gasteiger partial charge in [-0.25, -0.2) is 14.4 Å². The third kappa shape index (κ3) is 8.82. The van der Waals surface area contributed by atoms with E-state index < -0.39 is 17.9 Å². The number of fused-ring (bicyclic) bond motifs is 6. The van der Waals surface area contributed by atoms with Crippen molar-refractivity contribution in [2.24, 2.45) is 0 Å². The maximum atomic E-state index is 10.6. The fourth-order valence-corrected chi connectivity index (χ4v) is 4.36. The number of hydrogen-bond donors (Lipinski definition) is 3. The number of carboxylic acids is 3. The van der Waals surface area contributed by atoms with Crippen LogP contribution in [0.5, 0.6) is 0 Å². The zero-order valence-electron chi connectivity index (χ0n) is 24.2. The summed E-state index contributed by atoms with van der Waals surface area (Å²) < 4.78 is 0. The van der Waals surface area contributed by atoms with Crippen LogP contribution in [-0.2, 0) is 54.6 Å². The van der Waals surface area contributed by atoms with Crippen molar-refractivity contribution in [3.8, 4) is 0 Å². The SMILES string of the molecule is C1=C[N-]c2c3c(ccc2=C1)=CC=C[N-]3.C1=C[N-]c2c3c(ccc2=C1)=CC=C[N-]3.O.O=C(O)c1cc(C(=O)O)cc(C(=O)O)c1.[Cd].[Cd]. The third-order valence-corrected chi connectivity index (χ3v) is 6.36. The summed E-state index contributed by atoms with van der Waals surface area (Å²) in [7, 11) is 0. The molecule has 0 fully saturated rings. The van der Waals surface area contributed by atoms with E-state index in [1.807, 2.05) is 24.3 Å². The Kier molecular flexibility index (Phi) is 14.2. The van der Waals surface area contributed by atoms with Gasteiger partial charge >= 0.3 is 17.9 Å². The summed E-state index contributed by atoms with van der Waals surface area (Å²) in [5.74, 6) is -4.12. The monoisotopic (exact) mass is 816 g/mol. The van der Waals surface area contributed by atoms with Gasteiger partial charge in [-0.05, 0) is 39.1 Å². The van der Waals surface area contributed by atoms with Crippen LogP contribution in [0.2, 0.25) is 0 Å². The molecule has 13 heteroatoms. The summed E-state index contributed by atoms with van der Waals surface area (Å²) in [5, 5.41) is 47.8. The predicted molar refractivity (Wildman–Crippen MR) is 169 cm³/mol. The van der Waals surface area contributed by atoms with Crippen molar-refractivity contribution in [2.45, 2.75) is 0 Å². The van der Waals surface area contributed by atoms with E-state index in [2.05, 4.69) is 69.8 Å². The minimum Gasteiger partial charge on any atom is -0.665 e. The Labute approximate surface area is 303 Å². The molecular formula is C33H24Cd2N4O7-4. The molecule has 0 atom stereocenters. The zero-order chi connectivity index (χ0) is 30.3. The van der Waals surface area contributed by atoms with Gasteiger partial charge < -0.3 is 42.1 Å². The van der Waals surface area contributed by atoms with Gasteiger partial charge in [-0.15, -0.1) is 22.7 Å². The molecule has 0 aliphatic carbocycles. The predicted octanol–water partition coefficient (Wildman–Crippen LogP) is 4.58. The fraction of sp³-hybridized carbons (Fsp3) is 0. The average molecular weight is 813 g/mol. The van der Waals surface area contributed by atoms with Crippen LogP contribution < -0.4 is 20.9 Å². The third-order valence-electron chi connectivity index (χ3n) is 6.36. The molecule has 3 aromatic rings. The maximum Gasteiger partial charge on any atom is 0.335 e. The van der Waals surface area contributed by atoms with E-state index in [0.29, 0.717) is 0 Å². The van der Waals surface area contributed by atoms with Gasteiger partial charge in [0.1, 0.15) is 0 Å². The van der Waals surface area contributed by atoms with Gasteiger partial charge in [-0.2, -0.15) is 24.8 Å². The van der Waals surface area contributed by atoms with Crippen LogP contribution in [0.15, 0.2) is 91.6 Å². The van der Waals surface area contributed by atoms with E-state index in [1.165, 1.54) is 0 Å². The number of carboxylic acid groups (broad SMARTS) is 3. The number of carbonyl (C=O) groups is 3. The Morgan fingerprint density at radius 2 is 0.652 bits per heavy atom. The minimum atomic E-state index is -1.37. The van der Waals surface area contributed by atoms with Crippen LogP contribution in [0.25, 0.3) is 45.6 Å². The minimum absolute atomic E-state index is 0. The Balaban J connectivity index is 0.000000232. The van der Waals surface area contributed by atoms with E-state index in [9.17, 15) is 14.4 Å². The molecule has 5 N–H and O–H groups in total. The van der Waals surface area contributed by atoms with Crippen LogP contribution >= 0.6 is 0 Å². The molecule has 0 saturated carbocycles. The van der Waals surface area contributed by atoms with Gasteiger partial charge in [0.05, 0.1) is 16.7 Å². The average Bonchev–Trinajstić information content (AvgIpc) is 3.05. The summed E-state index contributed by atoms with van der Waals surface area (Å²) in [5.41, 5.74) is 2.80. The van der Waals surface area contributed by atoms with Gasteiger partial charge in [0.15, 0.2) is 0 Å². The molecule has 226 valence electrons. The molecule has 0 aromatic heterocycles. The Morgan fingerprint density at radius 3 is 0.848 bits per heavy atom. The van der Waals surface area contributed by atoms with Crippen LogP contribution in [-0.4, -0.2) is 38.7 Å². The topological polar surface area (TPSA) is 200 Å². The van der Waals surface area contributed by atoms with E-state index in [4.69, 9.17) is 15.3 Å². The normalized spacial score (nSPS) is 12.5. The first-order valence-electron chi connectivity index (χ1n) is 12.8. The Hall–Kier alpha value is -4.49. The first-order valence-corrected chi connectivity index (χ1v) is 12.8. The number of nitrogens with zero attached hydrogens (tertiary/aromatic N) is 4. The summed E-state index contributed by atoms with van der Waals surface area (Å²) in [6.07, 6.45) is 23.2. The Bertz CT molecular complexity index is 1750. The molecule has 0 spiro atoms. The summed E-state index contributed by atoms with van der Waals surface area (Å²) in [6, 6.07) is 11.0. The number of aromatic carboxylic acids is 3. The summed E-state index contributed by atoms with van der Waals surface area (Å²) in [4.78, 5) is 31.7. The summed E-state index contributed by atoms with van der Waals surface area (Å²) in [6.45, 7) is 0. The quantitative estimate of drug-likeness (QED) is 0.324. The van der Waals surface area contributed by atoms with E-state index in [0.717, 1.165) is 61.8 Å². The second kappa shape index (κ2) is 17.3. The molecular weight excluding hydrogens is 789 g/mol. The molecule has 0 radical (unpaired) electrons. The van der Waals surface area contributed by atoms with Crippen molar-refractivity contribution < 1.29 is 89.8 Å². The van der Waals surface area contributed by atoms with E-state index in [-0.39, 0.29) is 76.8 Å². The van der Waals surface area contributed by atoms with Crippen molar-refractivity contribution in [3.63, 3.8) is 0 Å².